The Morgan fingerprint density at radius 3 is 2.76 bits per heavy atom. The van der Waals surface area contributed by atoms with Crippen LogP contribution in [0.25, 0.3) is 11.3 Å². The van der Waals surface area contributed by atoms with Crippen molar-refractivity contribution in [3.63, 3.8) is 0 Å². The molecule has 21 heavy (non-hydrogen) atoms. The van der Waals surface area contributed by atoms with Crippen molar-refractivity contribution in [3.8, 4) is 11.3 Å². The topological polar surface area (TPSA) is 59.3 Å². The average Bonchev–Trinajstić information content (AvgIpc) is 2.96. The predicted octanol–water partition coefficient (Wildman–Crippen LogP) is 4.54. The van der Waals surface area contributed by atoms with E-state index < -0.39 is 0 Å². The summed E-state index contributed by atoms with van der Waals surface area (Å²) in [4.78, 5) is 22.3. The van der Waals surface area contributed by atoms with E-state index in [1.54, 1.807) is 30.3 Å². The highest BCUT2D eigenvalue weighted by molar-refractivity contribution is 6.34. The van der Waals surface area contributed by atoms with Crippen LogP contribution in [0.1, 0.15) is 36.7 Å². The number of furan rings is 1. The third-order valence-corrected chi connectivity index (χ3v) is 3.34. The van der Waals surface area contributed by atoms with Crippen LogP contribution in [-0.2, 0) is 4.79 Å². The van der Waals surface area contributed by atoms with Crippen LogP contribution in [0.3, 0.4) is 0 Å². The predicted molar refractivity (Wildman–Crippen MR) is 82.7 cm³/mol. The number of hydrogen-bond donors (Lipinski definition) is 1. The molecular formula is C16H16ClNO3. The number of nitrogens with one attached hydrogen (secondary N) is 1. The van der Waals surface area contributed by atoms with Gasteiger partial charge < -0.3 is 9.73 Å². The van der Waals surface area contributed by atoms with Gasteiger partial charge in [0.1, 0.15) is 5.76 Å². The Balaban J connectivity index is 2.13. The fourth-order valence-corrected chi connectivity index (χ4v) is 2.12. The van der Waals surface area contributed by atoms with E-state index in [0.29, 0.717) is 29.2 Å². The van der Waals surface area contributed by atoms with Crippen molar-refractivity contribution in [2.75, 3.05) is 5.32 Å². The molecule has 0 saturated carbocycles. The van der Waals surface area contributed by atoms with E-state index in [2.05, 4.69) is 5.32 Å². The van der Waals surface area contributed by atoms with E-state index in [-0.39, 0.29) is 11.7 Å². The van der Waals surface area contributed by atoms with Crippen LogP contribution in [0.15, 0.2) is 34.7 Å². The molecule has 2 aromatic rings. The maximum absolute atomic E-state index is 11.7. The van der Waals surface area contributed by atoms with Crippen molar-refractivity contribution in [1.82, 2.24) is 0 Å². The van der Waals surface area contributed by atoms with Gasteiger partial charge in [0.15, 0.2) is 12.0 Å². The smallest absolute Gasteiger partial charge is 0.224 e. The first-order valence-corrected chi connectivity index (χ1v) is 7.16. The lowest BCUT2D eigenvalue weighted by atomic mass is 10.1. The van der Waals surface area contributed by atoms with Crippen LogP contribution in [0.5, 0.6) is 0 Å². The Hall–Kier alpha value is -2.07. The molecule has 1 N–H and O–H groups in total. The first-order valence-electron chi connectivity index (χ1n) is 6.79. The Kier molecular flexibility index (Phi) is 5.17. The van der Waals surface area contributed by atoms with Gasteiger partial charge in [-0.3, -0.25) is 9.59 Å². The van der Waals surface area contributed by atoms with Crippen molar-refractivity contribution < 1.29 is 14.0 Å². The Labute approximate surface area is 128 Å². The molecule has 1 heterocycles. The summed E-state index contributed by atoms with van der Waals surface area (Å²) in [5, 5.41) is 3.21. The Morgan fingerprint density at radius 2 is 2.14 bits per heavy atom. The lowest BCUT2D eigenvalue weighted by molar-refractivity contribution is -0.116. The van der Waals surface area contributed by atoms with Crippen LogP contribution in [0.2, 0.25) is 5.02 Å². The molecule has 0 saturated heterocycles. The molecule has 0 atom stereocenters. The van der Waals surface area contributed by atoms with E-state index in [4.69, 9.17) is 16.0 Å². The average molecular weight is 306 g/mol. The summed E-state index contributed by atoms with van der Waals surface area (Å²) in [6.07, 6.45) is 2.95. The largest absolute Gasteiger partial charge is 0.453 e. The summed E-state index contributed by atoms with van der Waals surface area (Å²) < 4.78 is 5.33. The van der Waals surface area contributed by atoms with Crippen molar-refractivity contribution in [2.45, 2.75) is 26.2 Å². The second kappa shape index (κ2) is 7.09. The van der Waals surface area contributed by atoms with Crippen LogP contribution in [0, 0.1) is 0 Å². The first kappa shape index (κ1) is 15.3. The quantitative estimate of drug-likeness (QED) is 0.797. The number of carbonyl (C=O) groups is 2. The van der Waals surface area contributed by atoms with Crippen molar-refractivity contribution in [1.29, 1.82) is 0 Å². The minimum absolute atomic E-state index is 0.0484. The van der Waals surface area contributed by atoms with Gasteiger partial charge in [-0.15, -0.1) is 0 Å². The van der Waals surface area contributed by atoms with Crippen LogP contribution in [0.4, 0.5) is 5.69 Å². The molecule has 0 aliphatic carbocycles. The number of aldehydes is 1. The molecule has 4 nitrogen and oxygen atoms in total. The highest BCUT2D eigenvalue weighted by Crippen LogP contribution is 2.29. The minimum Gasteiger partial charge on any atom is -0.453 e. The summed E-state index contributed by atoms with van der Waals surface area (Å²) in [7, 11) is 0. The zero-order valence-corrected chi connectivity index (χ0v) is 12.4. The van der Waals surface area contributed by atoms with Crippen molar-refractivity contribution in [3.05, 3.63) is 41.1 Å². The standard InChI is InChI=1S/C16H16ClNO3/c1-2-3-4-16(20)18-14-7-5-11(9-13(14)17)15-8-6-12(10-19)21-15/h5-10H,2-4H2,1H3,(H,18,20). The highest BCUT2D eigenvalue weighted by Gasteiger charge is 2.09. The second-order valence-corrected chi connectivity index (χ2v) is 5.07. The lowest BCUT2D eigenvalue weighted by Crippen LogP contribution is -2.11. The van der Waals surface area contributed by atoms with Gasteiger partial charge in [0.25, 0.3) is 0 Å². The zero-order chi connectivity index (χ0) is 15.2. The van der Waals surface area contributed by atoms with E-state index in [9.17, 15) is 9.59 Å². The summed E-state index contributed by atoms with van der Waals surface area (Å²) in [6.45, 7) is 2.03. The monoisotopic (exact) mass is 305 g/mol. The molecule has 0 fully saturated rings. The number of halogens is 1. The molecule has 2 rings (SSSR count). The van der Waals surface area contributed by atoms with Gasteiger partial charge in [-0.05, 0) is 36.8 Å². The minimum atomic E-state index is -0.0484. The third-order valence-electron chi connectivity index (χ3n) is 3.03. The van der Waals surface area contributed by atoms with E-state index in [0.717, 1.165) is 18.4 Å². The van der Waals surface area contributed by atoms with Gasteiger partial charge in [-0.1, -0.05) is 24.9 Å². The van der Waals surface area contributed by atoms with E-state index >= 15 is 0 Å². The number of hydrogen-bond acceptors (Lipinski definition) is 3. The van der Waals surface area contributed by atoms with E-state index in [1.165, 1.54) is 0 Å². The Morgan fingerprint density at radius 1 is 1.33 bits per heavy atom. The van der Waals surface area contributed by atoms with Gasteiger partial charge in [-0.2, -0.15) is 0 Å². The highest BCUT2D eigenvalue weighted by atomic mass is 35.5. The number of anilines is 1. The van der Waals surface area contributed by atoms with Gasteiger partial charge in [0, 0.05) is 12.0 Å². The van der Waals surface area contributed by atoms with Crippen LogP contribution >= 0.6 is 11.6 Å². The normalized spacial score (nSPS) is 10.4. The van der Waals surface area contributed by atoms with Crippen LogP contribution in [-0.4, -0.2) is 12.2 Å². The lowest BCUT2D eigenvalue weighted by Gasteiger charge is -2.08. The van der Waals surface area contributed by atoms with Gasteiger partial charge in [-0.25, -0.2) is 0 Å². The molecule has 1 aromatic heterocycles. The number of benzene rings is 1. The molecule has 0 radical (unpaired) electrons. The number of carbonyl (C=O) groups excluding carboxylic acids is 2. The molecule has 0 aliphatic heterocycles. The molecule has 0 spiro atoms. The van der Waals surface area contributed by atoms with Gasteiger partial charge >= 0.3 is 0 Å². The third kappa shape index (κ3) is 3.95. The summed E-state index contributed by atoms with van der Waals surface area (Å²) in [6, 6.07) is 8.51. The summed E-state index contributed by atoms with van der Waals surface area (Å²) in [5.41, 5.74) is 1.32. The molecule has 1 aromatic carbocycles. The number of rotatable bonds is 6. The Bertz CT molecular complexity index is 649. The fourth-order valence-electron chi connectivity index (χ4n) is 1.89. The van der Waals surface area contributed by atoms with Crippen LogP contribution < -0.4 is 5.32 Å². The maximum Gasteiger partial charge on any atom is 0.224 e. The van der Waals surface area contributed by atoms with Gasteiger partial charge in [0.05, 0.1) is 10.7 Å². The molecule has 5 heteroatoms. The van der Waals surface area contributed by atoms with Crippen molar-refractivity contribution in [2.24, 2.45) is 0 Å². The van der Waals surface area contributed by atoms with Crippen molar-refractivity contribution >= 4 is 29.5 Å². The molecular weight excluding hydrogens is 290 g/mol. The molecule has 0 aliphatic rings. The van der Waals surface area contributed by atoms with Gasteiger partial charge in [0.2, 0.25) is 5.91 Å². The molecule has 0 unspecified atom stereocenters. The molecule has 1 amide bonds. The fraction of sp³-hybridized carbons (Fsp3) is 0.250. The summed E-state index contributed by atoms with van der Waals surface area (Å²) in [5.74, 6) is 0.772. The second-order valence-electron chi connectivity index (χ2n) is 4.67. The number of unbranched alkanes of at least 4 members (excludes halogenated alkanes) is 1. The maximum atomic E-state index is 11.7. The molecule has 0 bridgehead atoms. The SMILES string of the molecule is CCCCC(=O)Nc1ccc(-c2ccc(C=O)o2)cc1Cl. The molecule has 110 valence electrons. The first-order chi connectivity index (χ1) is 10.1. The van der Waals surface area contributed by atoms with E-state index in [1.807, 2.05) is 6.92 Å². The number of amides is 1. The zero-order valence-electron chi connectivity index (χ0n) is 11.7. The summed E-state index contributed by atoms with van der Waals surface area (Å²) >= 11 is 6.17.